The summed E-state index contributed by atoms with van der Waals surface area (Å²) in [5.74, 6) is 0.909. The van der Waals surface area contributed by atoms with Gasteiger partial charge in [0.05, 0.1) is 12.7 Å². The predicted molar refractivity (Wildman–Crippen MR) is 111 cm³/mol. The van der Waals surface area contributed by atoms with Gasteiger partial charge < -0.3 is 14.0 Å². The Balaban J connectivity index is 3.45. The summed E-state index contributed by atoms with van der Waals surface area (Å²) in [6.07, 6.45) is -0.0531. The second kappa shape index (κ2) is 7.95. The molecule has 0 spiro atoms. The summed E-state index contributed by atoms with van der Waals surface area (Å²) >= 11 is 0. The van der Waals surface area contributed by atoms with Gasteiger partial charge in [-0.2, -0.15) is 0 Å². The van der Waals surface area contributed by atoms with Crippen molar-refractivity contribution < 1.29 is 14.0 Å². The average Bonchev–Trinajstić information content (AvgIpc) is 2.42. The Bertz CT molecular complexity index is 569. The highest BCUT2D eigenvalue weighted by atomic mass is 28.4. The van der Waals surface area contributed by atoms with Crippen LogP contribution in [0.2, 0.25) is 31.2 Å². The summed E-state index contributed by atoms with van der Waals surface area (Å²) in [5.41, 5.74) is 1.91. The van der Waals surface area contributed by atoms with Crippen molar-refractivity contribution >= 4 is 17.4 Å². The second-order valence-corrected chi connectivity index (χ2v) is 16.4. The van der Waals surface area contributed by atoms with Crippen LogP contribution in [0.15, 0.2) is 18.2 Å². The molecule has 1 radical (unpaired) electrons. The third-order valence-electron chi connectivity index (χ3n) is 4.85. The Kier molecular flexibility index (Phi) is 7.12. The number of benzene rings is 1. The van der Waals surface area contributed by atoms with Crippen LogP contribution in [0.3, 0.4) is 0 Å². The van der Waals surface area contributed by atoms with Crippen LogP contribution in [0.1, 0.15) is 58.8 Å². The summed E-state index contributed by atoms with van der Waals surface area (Å²) < 4.78 is 13.0. The van der Waals surface area contributed by atoms with E-state index in [0.717, 1.165) is 16.9 Å². The third-order valence-corrected chi connectivity index (χ3v) is 9.90. The van der Waals surface area contributed by atoms with Crippen LogP contribution < -0.4 is 4.43 Å². The van der Waals surface area contributed by atoms with Crippen LogP contribution >= 0.6 is 0 Å². The van der Waals surface area contributed by atoms with Gasteiger partial charge in [-0.15, -0.1) is 0 Å². The molecular formula is C20H37O3Si2. The van der Waals surface area contributed by atoms with Gasteiger partial charge in [0.25, 0.3) is 0 Å². The van der Waals surface area contributed by atoms with Crippen LogP contribution in [0.4, 0.5) is 0 Å². The Labute approximate surface area is 157 Å². The fourth-order valence-corrected chi connectivity index (χ4v) is 4.36. The maximum absolute atomic E-state index is 9.61. The minimum absolute atomic E-state index is 0.0281. The van der Waals surface area contributed by atoms with Gasteiger partial charge in [-0.3, -0.25) is 0 Å². The number of hydrogen-bond acceptors (Lipinski definition) is 3. The Hall–Kier alpha value is -0.626. The van der Waals surface area contributed by atoms with E-state index < -0.39 is 17.4 Å². The first kappa shape index (κ1) is 22.4. The maximum atomic E-state index is 9.61. The maximum Gasteiger partial charge on any atom is 0.250 e. The lowest BCUT2D eigenvalue weighted by Crippen LogP contribution is -2.44. The minimum Gasteiger partial charge on any atom is -0.543 e. The van der Waals surface area contributed by atoms with Crippen molar-refractivity contribution in [2.24, 2.45) is 5.41 Å². The minimum atomic E-state index is -1.96. The van der Waals surface area contributed by atoms with E-state index in [1.54, 1.807) is 0 Å². The molecule has 3 nitrogen and oxygen atoms in total. The predicted octanol–water partition coefficient (Wildman–Crippen LogP) is 5.92. The molecule has 1 aromatic rings. The second-order valence-electron chi connectivity index (χ2n) is 9.66. The van der Waals surface area contributed by atoms with Gasteiger partial charge in [-0.25, -0.2) is 0 Å². The quantitative estimate of drug-likeness (QED) is 0.622. The van der Waals surface area contributed by atoms with Gasteiger partial charge in [0.1, 0.15) is 5.75 Å². The summed E-state index contributed by atoms with van der Waals surface area (Å²) in [4.78, 5) is 0. The first-order chi connectivity index (χ1) is 11.2. The molecular weight excluding hydrogens is 344 g/mol. The van der Waals surface area contributed by atoms with E-state index in [9.17, 15) is 5.11 Å². The number of aliphatic hydroxyl groups excluding tert-OH is 1. The van der Waals surface area contributed by atoms with Gasteiger partial charge in [0.15, 0.2) is 0 Å². The van der Waals surface area contributed by atoms with E-state index in [1.165, 1.54) is 0 Å². The molecule has 5 heteroatoms. The molecule has 0 saturated carbocycles. The first-order valence-electron chi connectivity index (χ1n) is 9.08. The van der Waals surface area contributed by atoms with Crippen molar-refractivity contribution in [1.82, 2.24) is 0 Å². The van der Waals surface area contributed by atoms with Gasteiger partial charge in [0.2, 0.25) is 17.4 Å². The third kappa shape index (κ3) is 5.95. The summed E-state index contributed by atoms with van der Waals surface area (Å²) in [6, 6.07) is 6.03. The topological polar surface area (TPSA) is 38.7 Å². The highest BCUT2D eigenvalue weighted by Gasteiger charge is 2.40. The molecule has 0 fully saturated rings. The molecule has 25 heavy (non-hydrogen) atoms. The van der Waals surface area contributed by atoms with E-state index in [0.29, 0.717) is 0 Å². The fourth-order valence-electron chi connectivity index (χ4n) is 2.36. The van der Waals surface area contributed by atoms with Crippen molar-refractivity contribution in [2.45, 2.75) is 85.5 Å². The molecule has 1 aromatic carbocycles. The molecule has 1 atom stereocenters. The smallest absolute Gasteiger partial charge is 0.250 e. The van der Waals surface area contributed by atoms with E-state index in [1.807, 2.05) is 12.1 Å². The van der Waals surface area contributed by atoms with Crippen molar-refractivity contribution in [3.63, 3.8) is 0 Å². The molecule has 1 N–H and O–H groups in total. The zero-order valence-corrected chi connectivity index (χ0v) is 19.8. The normalized spacial score (nSPS) is 14.7. The number of hydrogen-bond donors (Lipinski definition) is 1. The first-order valence-corrected chi connectivity index (χ1v) is 14.4. The molecule has 1 unspecified atom stereocenters. The molecule has 0 bridgehead atoms. The van der Waals surface area contributed by atoms with Crippen molar-refractivity contribution in [3.05, 3.63) is 29.3 Å². The molecule has 0 aromatic heterocycles. The van der Waals surface area contributed by atoms with Gasteiger partial charge >= 0.3 is 0 Å². The van der Waals surface area contributed by atoms with Crippen molar-refractivity contribution in [3.8, 4) is 5.75 Å². The number of rotatable bonds is 6. The number of aliphatic hydroxyl groups is 1. The Morgan fingerprint density at radius 1 is 1.08 bits per heavy atom. The van der Waals surface area contributed by atoms with Gasteiger partial charge in [-0.1, -0.05) is 47.6 Å². The fraction of sp³-hybridized carbons (Fsp3) is 0.700. The highest BCUT2D eigenvalue weighted by molar-refractivity contribution is 6.74. The van der Waals surface area contributed by atoms with Crippen LogP contribution in [-0.2, 0) is 11.0 Å². The highest BCUT2D eigenvalue weighted by Crippen LogP contribution is 2.44. The standard InChI is InChI=1S/C20H37O3Si2/c1-19(2,3)18(22-24(7)8)16-13-15(14-21)11-12-17(16)23-25(9,10)20(4,5)6/h11-13,18,21H,14H2,1-10H3. The van der Waals surface area contributed by atoms with Crippen LogP contribution in [-0.4, -0.2) is 22.5 Å². The van der Waals surface area contributed by atoms with Crippen LogP contribution in [0.5, 0.6) is 5.75 Å². The van der Waals surface area contributed by atoms with E-state index >= 15 is 0 Å². The average molecular weight is 382 g/mol. The lowest BCUT2D eigenvalue weighted by atomic mass is 9.84. The molecule has 143 valence electrons. The van der Waals surface area contributed by atoms with Gasteiger partial charge in [0, 0.05) is 5.56 Å². The molecule has 0 aliphatic heterocycles. The van der Waals surface area contributed by atoms with E-state index in [-0.39, 0.29) is 23.2 Å². The molecule has 0 aliphatic rings. The summed E-state index contributed by atoms with van der Waals surface area (Å²) in [5, 5.41) is 9.74. The molecule has 0 saturated heterocycles. The van der Waals surface area contributed by atoms with Gasteiger partial charge in [-0.05, 0) is 54.3 Å². The lowest BCUT2D eigenvalue weighted by molar-refractivity contribution is 0.0847. The molecule has 0 aliphatic carbocycles. The van der Waals surface area contributed by atoms with Crippen LogP contribution in [0, 0.1) is 5.41 Å². The van der Waals surface area contributed by atoms with Crippen molar-refractivity contribution in [2.75, 3.05) is 0 Å². The monoisotopic (exact) mass is 381 g/mol. The molecule has 1 rings (SSSR count). The summed E-state index contributed by atoms with van der Waals surface area (Å²) in [7, 11) is -2.84. The Morgan fingerprint density at radius 2 is 1.64 bits per heavy atom. The SMILES string of the molecule is C[Si](C)OC(c1cc(CO)ccc1O[Si](C)(C)C(C)(C)C)C(C)(C)C. The van der Waals surface area contributed by atoms with Crippen molar-refractivity contribution in [1.29, 1.82) is 0 Å². The molecule has 0 heterocycles. The largest absolute Gasteiger partial charge is 0.543 e. The lowest BCUT2D eigenvalue weighted by Gasteiger charge is -2.39. The molecule has 0 amide bonds. The van der Waals surface area contributed by atoms with E-state index in [2.05, 4.69) is 73.8 Å². The zero-order chi connectivity index (χ0) is 19.6. The van der Waals surface area contributed by atoms with E-state index in [4.69, 9.17) is 8.85 Å². The zero-order valence-electron chi connectivity index (χ0n) is 17.8. The Morgan fingerprint density at radius 3 is 2.04 bits per heavy atom. The summed E-state index contributed by atoms with van der Waals surface area (Å²) in [6.45, 7) is 22.2. The van der Waals surface area contributed by atoms with Crippen LogP contribution in [0.25, 0.3) is 0 Å².